The molecule has 1 aliphatic rings. The van der Waals surface area contributed by atoms with Gasteiger partial charge in [-0.1, -0.05) is 12.8 Å². The average molecular weight is 286 g/mol. The van der Waals surface area contributed by atoms with E-state index >= 15 is 0 Å². The van der Waals surface area contributed by atoms with E-state index in [-0.39, 0.29) is 11.4 Å². The molecular formula is C14H18N6O. The molecule has 0 aromatic carbocycles. The SMILES string of the molecule is NCC1(NC(=O)c2ccc(-n3cncn3)nc2)CCCC1. The number of aromatic nitrogens is 4. The van der Waals surface area contributed by atoms with Crippen molar-refractivity contribution in [2.45, 2.75) is 31.2 Å². The fourth-order valence-corrected chi connectivity index (χ4v) is 2.73. The zero-order valence-electron chi connectivity index (χ0n) is 11.7. The Balaban J connectivity index is 1.73. The molecule has 0 aliphatic heterocycles. The Hall–Kier alpha value is -2.28. The lowest BCUT2D eigenvalue weighted by Crippen LogP contribution is -2.51. The van der Waals surface area contributed by atoms with Crippen LogP contribution in [0.15, 0.2) is 31.0 Å². The summed E-state index contributed by atoms with van der Waals surface area (Å²) in [4.78, 5) is 20.4. The highest BCUT2D eigenvalue weighted by Gasteiger charge is 2.34. The largest absolute Gasteiger partial charge is 0.345 e. The second-order valence-electron chi connectivity index (χ2n) is 5.39. The van der Waals surface area contributed by atoms with Gasteiger partial charge in [0.1, 0.15) is 12.7 Å². The maximum absolute atomic E-state index is 12.3. The van der Waals surface area contributed by atoms with E-state index in [4.69, 9.17) is 5.73 Å². The number of nitrogens with two attached hydrogens (primary N) is 1. The maximum Gasteiger partial charge on any atom is 0.253 e. The second kappa shape index (κ2) is 5.61. The molecule has 1 aliphatic carbocycles. The molecule has 110 valence electrons. The monoisotopic (exact) mass is 286 g/mol. The smallest absolute Gasteiger partial charge is 0.253 e. The molecule has 0 spiro atoms. The lowest BCUT2D eigenvalue weighted by atomic mass is 9.97. The van der Waals surface area contributed by atoms with E-state index < -0.39 is 0 Å². The zero-order chi connectivity index (χ0) is 14.7. The van der Waals surface area contributed by atoms with E-state index in [1.165, 1.54) is 6.33 Å². The minimum absolute atomic E-state index is 0.125. The van der Waals surface area contributed by atoms with Gasteiger partial charge in [-0.15, -0.1) is 0 Å². The van der Waals surface area contributed by atoms with Crippen LogP contribution in [0.5, 0.6) is 0 Å². The van der Waals surface area contributed by atoms with Crippen LogP contribution in [0, 0.1) is 0 Å². The van der Waals surface area contributed by atoms with Crippen LogP contribution in [0.3, 0.4) is 0 Å². The maximum atomic E-state index is 12.3. The van der Waals surface area contributed by atoms with Gasteiger partial charge in [0.2, 0.25) is 0 Å². The highest BCUT2D eigenvalue weighted by Crippen LogP contribution is 2.28. The summed E-state index contributed by atoms with van der Waals surface area (Å²) < 4.78 is 1.54. The van der Waals surface area contributed by atoms with E-state index in [0.29, 0.717) is 17.9 Å². The van der Waals surface area contributed by atoms with Gasteiger partial charge in [-0.25, -0.2) is 14.6 Å². The van der Waals surface area contributed by atoms with Gasteiger partial charge in [-0.05, 0) is 25.0 Å². The van der Waals surface area contributed by atoms with E-state index in [2.05, 4.69) is 20.4 Å². The molecule has 3 rings (SSSR count). The number of rotatable bonds is 4. The van der Waals surface area contributed by atoms with E-state index in [0.717, 1.165) is 25.7 Å². The molecule has 0 saturated heterocycles. The van der Waals surface area contributed by atoms with Crippen LogP contribution in [-0.2, 0) is 0 Å². The van der Waals surface area contributed by atoms with Crippen LogP contribution in [-0.4, -0.2) is 37.7 Å². The summed E-state index contributed by atoms with van der Waals surface area (Å²) in [6, 6.07) is 3.48. The summed E-state index contributed by atoms with van der Waals surface area (Å²) in [5.41, 5.74) is 6.11. The van der Waals surface area contributed by atoms with Gasteiger partial charge in [0.05, 0.1) is 11.1 Å². The minimum Gasteiger partial charge on any atom is -0.345 e. The highest BCUT2D eigenvalue weighted by atomic mass is 16.1. The molecule has 1 saturated carbocycles. The van der Waals surface area contributed by atoms with Gasteiger partial charge >= 0.3 is 0 Å². The normalized spacial score (nSPS) is 16.8. The quantitative estimate of drug-likeness (QED) is 0.860. The predicted octanol–water partition coefficient (Wildman–Crippen LogP) is 0.664. The van der Waals surface area contributed by atoms with Crippen molar-refractivity contribution < 1.29 is 4.79 Å². The van der Waals surface area contributed by atoms with E-state index in [9.17, 15) is 4.79 Å². The summed E-state index contributed by atoms with van der Waals surface area (Å²) in [7, 11) is 0. The zero-order valence-corrected chi connectivity index (χ0v) is 11.7. The molecule has 21 heavy (non-hydrogen) atoms. The molecule has 2 heterocycles. The Morgan fingerprint density at radius 1 is 1.38 bits per heavy atom. The topological polar surface area (TPSA) is 98.7 Å². The van der Waals surface area contributed by atoms with Crippen LogP contribution < -0.4 is 11.1 Å². The summed E-state index contributed by atoms with van der Waals surface area (Å²) in [5, 5.41) is 7.07. The number of amides is 1. The van der Waals surface area contributed by atoms with Gasteiger partial charge in [0.15, 0.2) is 5.82 Å². The number of hydrogen-bond donors (Lipinski definition) is 2. The molecule has 0 unspecified atom stereocenters. The van der Waals surface area contributed by atoms with E-state index in [1.54, 1.807) is 29.3 Å². The molecule has 0 atom stereocenters. The molecule has 2 aromatic heterocycles. The predicted molar refractivity (Wildman–Crippen MR) is 76.9 cm³/mol. The van der Waals surface area contributed by atoms with Crippen LogP contribution in [0.25, 0.3) is 5.82 Å². The Morgan fingerprint density at radius 2 is 2.19 bits per heavy atom. The van der Waals surface area contributed by atoms with Crippen molar-refractivity contribution in [1.29, 1.82) is 0 Å². The number of nitrogens with zero attached hydrogens (tertiary/aromatic N) is 4. The van der Waals surface area contributed by atoms with Gasteiger partial charge < -0.3 is 11.1 Å². The summed E-state index contributed by atoms with van der Waals surface area (Å²) in [6.45, 7) is 0.475. The Bertz CT molecular complexity index is 601. The fraction of sp³-hybridized carbons (Fsp3) is 0.429. The van der Waals surface area contributed by atoms with Crippen molar-refractivity contribution in [2.24, 2.45) is 5.73 Å². The number of hydrogen-bond acceptors (Lipinski definition) is 5. The number of carbonyl (C=O) groups excluding carboxylic acids is 1. The number of nitrogens with one attached hydrogen (secondary N) is 1. The van der Waals surface area contributed by atoms with Crippen molar-refractivity contribution in [3.63, 3.8) is 0 Å². The van der Waals surface area contributed by atoms with E-state index in [1.807, 2.05) is 0 Å². The molecule has 7 heteroatoms. The highest BCUT2D eigenvalue weighted by molar-refractivity contribution is 5.94. The Labute approximate surface area is 122 Å². The first kappa shape index (κ1) is 13.7. The lowest BCUT2D eigenvalue weighted by molar-refractivity contribution is 0.0902. The van der Waals surface area contributed by atoms with Gasteiger partial charge in [-0.3, -0.25) is 4.79 Å². The number of pyridine rings is 1. The molecule has 0 bridgehead atoms. The van der Waals surface area contributed by atoms with Crippen molar-refractivity contribution in [2.75, 3.05) is 6.54 Å². The number of carbonyl (C=O) groups is 1. The van der Waals surface area contributed by atoms with Gasteiger partial charge in [0, 0.05) is 12.7 Å². The fourth-order valence-electron chi connectivity index (χ4n) is 2.73. The third-order valence-corrected chi connectivity index (χ3v) is 3.99. The molecular weight excluding hydrogens is 268 g/mol. The first-order chi connectivity index (χ1) is 10.2. The second-order valence-corrected chi connectivity index (χ2v) is 5.39. The summed E-state index contributed by atoms with van der Waals surface area (Å²) >= 11 is 0. The van der Waals surface area contributed by atoms with Gasteiger partial charge in [0.25, 0.3) is 5.91 Å². The van der Waals surface area contributed by atoms with Crippen molar-refractivity contribution in [3.8, 4) is 5.82 Å². The van der Waals surface area contributed by atoms with Crippen LogP contribution in [0.1, 0.15) is 36.0 Å². The third-order valence-electron chi connectivity index (χ3n) is 3.99. The Morgan fingerprint density at radius 3 is 2.76 bits per heavy atom. The molecule has 7 nitrogen and oxygen atoms in total. The molecule has 3 N–H and O–H groups in total. The van der Waals surface area contributed by atoms with Crippen molar-refractivity contribution in [1.82, 2.24) is 25.1 Å². The summed E-state index contributed by atoms with van der Waals surface area (Å²) in [6.07, 6.45) is 8.66. The average Bonchev–Trinajstić information content (AvgIpc) is 3.19. The molecule has 1 amide bonds. The minimum atomic E-state index is -0.248. The first-order valence-electron chi connectivity index (χ1n) is 7.06. The van der Waals surface area contributed by atoms with Crippen LogP contribution >= 0.6 is 0 Å². The standard InChI is InChI=1S/C14H18N6O/c15-8-14(5-1-2-6-14)19-13(21)11-3-4-12(17-7-11)20-10-16-9-18-20/h3-4,7,9-10H,1-2,5-6,8,15H2,(H,19,21). The molecule has 2 aromatic rings. The first-order valence-corrected chi connectivity index (χ1v) is 7.06. The summed E-state index contributed by atoms with van der Waals surface area (Å²) in [5.74, 6) is 0.499. The van der Waals surface area contributed by atoms with Crippen molar-refractivity contribution in [3.05, 3.63) is 36.5 Å². The van der Waals surface area contributed by atoms with Crippen molar-refractivity contribution >= 4 is 5.91 Å². The molecule has 1 fully saturated rings. The van der Waals surface area contributed by atoms with Gasteiger partial charge in [-0.2, -0.15) is 5.10 Å². The molecule has 0 radical (unpaired) electrons. The lowest BCUT2D eigenvalue weighted by Gasteiger charge is -2.28. The van der Waals surface area contributed by atoms with Crippen LogP contribution in [0.4, 0.5) is 0 Å². The Kier molecular flexibility index (Phi) is 3.66. The third kappa shape index (κ3) is 2.78. The van der Waals surface area contributed by atoms with Crippen LogP contribution in [0.2, 0.25) is 0 Å².